The molecule has 0 saturated heterocycles. The van der Waals surface area contributed by atoms with Gasteiger partial charge in [-0.3, -0.25) is 4.21 Å². The fourth-order valence-electron chi connectivity index (χ4n) is 2.32. The minimum Gasteiger partial charge on any atom is -0.409 e. The first-order valence-corrected chi connectivity index (χ1v) is 13.0. The Morgan fingerprint density at radius 3 is 2.08 bits per heavy atom. The summed E-state index contributed by atoms with van der Waals surface area (Å²) in [6.07, 6.45) is -0.149. The number of benzene rings is 2. The van der Waals surface area contributed by atoms with Crippen molar-refractivity contribution in [3.63, 3.8) is 0 Å². The summed E-state index contributed by atoms with van der Waals surface area (Å²) in [5.74, 6) is 0.486. The first-order chi connectivity index (χ1) is 11.6. The molecule has 0 fully saturated rings. The number of hydrogen-bond acceptors (Lipinski definition) is 2. The fraction of sp³-hybridized carbons (Fsp3) is 0.429. The van der Waals surface area contributed by atoms with Crippen LogP contribution in [0.4, 0.5) is 0 Å². The van der Waals surface area contributed by atoms with Crippen molar-refractivity contribution in [3.8, 4) is 0 Å². The SMILES string of the molecule is Cc1ccc(S(=O)C[C@@H](O[Si](C)(C)C(C)(C)C)c2ccccc2)cc1. The monoisotopic (exact) mass is 374 g/mol. The molecular formula is C21H30O2SSi. The van der Waals surface area contributed by atoms with E-state index in [-0.39, 0.29) is 11.1 Å². The van der Waals surface area contributed by atoms with Crippen LogP contribution in [0.3, 0.4) is 0 Å². The highest BCUT2D eigenvalue weighted by Crippen LogP contribution is 2.40. The summed E-state index contributed by atoms with van der Waals surface area (Å²) < 4.78 is 19.6. The molecule has 0 aliphatic heterocycles. The maximum Gasteiger partial charge on any atom is 0.192 e. The van der Waals surface area contributed by atoms with Crippen molar-refractivity contribution in [1.29, 1.82) is 0 Å². The van der Waals surface area contributed by atoms with Crippen LogP contribution < -0.4 is 0 Å². The first-order valence-electron chi connectivity index (χ1n) is 8.78. The first kappa shape index (κ1) is 20.1. The van der Waals surface area contributed by atoms with E-state index < -0.39 is 19.1 Å². The second kappa shape index (κ2) is 7.98. The molecule has 0 saturated carbocycles. The normalized spacial score (nSPS) is 15.0. The van der Waals surface area contributed by atoms with E-state index in [4.69, 9.17) is 4.43 Å². The molecule has 2 nitrogen and oxygen atoms in total. The van der Waals surface area contributed by atoms with E-state index in [0.717, 1.165) is 10.5 Å². The van der Waals surface area contributed by atoms with Gasteiger partial charge in [0, 0.05) is 4.90 Å². The predicted octanol–water partition coefficient (Wildman–Crippen LogP) is 5.87. The van der Waals surface area contributed by atoms with Crippen molar-refractivity contribution in [2.24, 2.45) is 0 Å². The third kappa shape index (κ3) is 5.37. The van der Waals surface area contributed by atoms with Crippen molar-refractivity contribution in [1.82, 2.24) is 0 Å². The zero-order chi connectivity index (χ0) is 18.7. The quantitative estimate of drug-likeness (QED) is 0.591. The van der Waals surface area contributed by atoms with E-state index in [0.29, 0.717) is 5.75 Å². The summed E-state index contributed by atoms with van der Waals surface area (Å²) in [4.78, 5) is 0.866. The molecule has 0 N–H and O–H groups in total. The molecule has 2 rings (SSSR count). The third-order valence-electron chi connectivity index (χ3n) is 5.00. The van der Waals surface area contributed by atoms with Gasteiger partial charge in [0.1, 0.15) is 0 Å². The fourth-order valence-corrected chi connectivity index (χ4v) is 4.89. The standard InChI is InChI=1S/C21H30O2SSi/c1-17-12-14-19(15-13-17)24(22)16-20(18-10-8-7-9-11-18)23-25(5,6)21(2,3)4/h7-15,20H,16H2,1-6H3/t20-,24?/m1/s1. The Morgan fingerprint density at radius 1 is 1.00 bits per heavy atom. The van der Waals surface area contributed by atoms with E-state index in [9.17, 15) is 4.21 Å². The maximum atomic E-state index is 12.9. The number of rotatable bonds is 6. The van der Waals surface area contributed by atoms with Gasteiger partial charge in [0.2, 0.25) is 0 Å². The van der Waals surface area contributed by atoms with Crippen LogP contribution in [0.15, 0.2) is 59.5 Å². The highest BCUT2D eigenvalue weighted by Gasteiger charge is 2.39. The molecule has 2 atom stereocenters. The maximum absolute atomic E-state index is 12.9. The molecule has 0 aromatic heterocycles. The van der Waals surface area contributed by atoms with Crippen molar-refractivity contribution in [3.05, 3.63) is 65.7 Å². The minimum absolute atomic E-state index is 0.116. The lowest BCUT2D eigenvalue weighted by atomic mass is 10.1. The molecule has 0 amide bonds. The van der Waals surface area contributed by atoms with Crippen LogP contribution in [0.2, 0.25) is 18.1 Å². The van der Waals surface area contributed by atoms with Crippen molar-refractivity contribution < 1.29 is 8.63 Å². The average molecular weight is 375 g/mol. The molecule has 25 heavy (non-hydrogen) atoms. The molecule has 2 aromatic rings. The zero-order valence-corrected chi connectivity index (χ0v) is 18.0. The van der Waals surface area contributed by atoms with Gasteiger partial charge in [-0.15, -0.1) is 0 Å². The van der Waals surface area contributed by atoms with Crippen LogP contribution in [-0.2, 0) is 15.2 Å². The van der Waals surface area contributed by atoms with E-state index >= 15 is 0 Å². The Balaban J connectivity index is 2.26. The topological polar surface area (TPSA) is 26.3 Å². The molecule has 0 aliphatic carbocycles. The molecule has 2 aromatic carbocycles. The van der Waals surface area contributed by atoms with Crippen LogP contribution in [-0.4, -0.2) is 18.3 Å². The summed E-state index contributed by atoms with van der Waals surface area (Å²) in [5, 5.41) is 0.116. The summed E-state index contributed by atoms with van der Waals surface area (Å²) in [6, 6.07) is 18.1. The largest absolute Gasteiger partial charge is 0.409 e. The molecule has 0 heterocycles. The second-order valence-corrected chi connectivity index (χ2v) is 14.4. The molecule has 4 heteroatoms. The minimum atomic E-state index is -1.96. The molecule has 0 radical (unpaired) electrons. The molecule has 0 spiro atoms. The van der Waals surface area contributed by atoms with Gasteiger partial charge in [-0.2, -0.15) is 0 Å². The summed E-state index contributed by atoms with van der Waals surface area (Å²) in [5.41, 5.74) is 2.28. The van der Waals surface area contributed by atoms with Gasteiger partial charge in [0.15, 0.2) is 8.32 Å². The van der Waals surface area contributed by atoms with Crippen molar-refractivity contribution in [2.75, 3.05) is 5.75 Å². The Labute approximate surface area is 156 Å². The summed E-state index contributed by atoms with van der Waals surface area (Å²) >= 11 is 0. The van der Waals surface area contributed by atoms with Gasteiger partial charge >= 0.3 is 0 Å². The number of aryl methyl sites for hydroxylation is 1. The average Bonchev–Trinajstić information content (AvgIpc) is 2.54. The number of hydrogen-bond donors (Lipinski definition) is 0. The van der Waals surface area contributed by atoms with Gasteiger partial charge in [-0.25, -0.2) is 0 Å². The van der Waals surface area contributed by atoms with E-state index in [1.165, 1.54) is 5.56 Å². The lowest BCUT2D eigenvalue weighted by Gasteiger charge is -2.39. The van der Waals surface area contributed by atoms with Crippen LogP contribution in [0.1, 0.15) is 38.0 Å². The van der Waals surface area contributed by atoms with E-state index in [2.05, 4.69) is 46.0 Å². The van der Waals surface area contributed by atoms with Crippen LogP contribution in [0, 0.1) is 6.92 Å². The molecule has 0 bridgehead atoms. The Morgan fingerprint density at radius 2 is 1.56 bits per heavy atom. The molecular weight excluding hydrogens is 344 g/mol. The van der Waals surface area contributed by atoms with E-state index in [1.54, 1.807) is 0 Å². The van der Waals surface area contributed by atoms with E-state index in [1.807, 2.05) is 49.4 Å². The van der Waals surface area contributed by atoms with Gasteiger partial charge in [-0.05, 0) is 42.8 Å². The van der Waals surface area contributed by atoms with Crippen LogP contribution in [0.25, 0.3) is 0 Å². The highest BCUT2D eigenvalue weighted by atomic mass is 32.2. The smallest absolute Gasteiger partial charge is 0.192 e. The second-order valence-electron chi connectivity index (χ2n) is 8.10. The van der Waals surface area contributed by atoms with Crippen molar-refractivity contribution >= 4 is 19.1 Å². The summed E-state index contributed by atoms with van der Waals surface area (Å²) in [7, 11) is -3.05. The Bertz CT molecular complexity index is 703. The zero-order valence-electron chi connectivity index (χ0n) is 16.2. The van der Waals surface area contributed by atoms with Crippen molar-refractivity contribution in [2.45, 2.75) is 56.8 Å². The van der Waals surface area contributed by atoms with Gasteiger partial charge in [0.05, 0.1) is 22.7 Å². The lowest BCUT2D eigenvalue weighted by molar-refractivity contribution is 0.206. The molecule has 0 aliphatic rings. The van der Waals surface area contributed by atoms with Gasteiger partial charge in [0.25, 0.3) is 0 Å². The van der Waals surface area contributed by atoms with Gasteiger partial charge in [-0.1, -0.05) is 68.8 Å². The Hall–Kier alpha value is -1.23. The Kier molecular flexibility index (Phi) is 6.41. The third-order valence-corrected chi connectivity index (χ3v) is 10.9. The highest BCUT2D eigenvalue weighted by molar-refractivity contribution is 7.85. The van der Waals surface area contributed by atoms with Crippen LogP contribution in [0.5, 0.6) is 0 Å². The molecule has 136 valence electrons. The van der Waals surface area contributed by atoms with Gasteiger partial charge < -0.3 is 4.43 Å². The van der Waals surface area contributed by atoms with Crippen LogP contribution >= 0.6 is 0 Å². The lowest BCUT2D eigenvalue weighted by Crippen LogP contribution is -2.42. The molecule has 1 unspecified atom stereocenters. The summed E-state index contributed by atoms with van der Waals surface area (Å²) in [6.45, 7) is 13.2. The predicted molar refractivity (Wildman–Crippen MR) is 110 cm³/mol.